The van der Waals surface area contributed by atoms with Gasteiger partial charge in [-0.25, -0.2) is 15.0 Å². The van der Waals surface area contributed by atoms with E-state index < -0.39 is 0 Å². The third-order valence-corrected chi connectivity index (χ3v) is 9.78. The lowest BCUT2D eigenvalue weighted by molar-refractivity contribution is 1.07. The summed E-state index contributed by atoms with van der Waals surface area (Å²) in [4.78, 5) is 15.5. The number of hydrogen-bond donors (Lipinski definition) is 0. The predicted octanol–water partition coefficient (Wildman–Crippen LogP) is 13.2. The van der Waals surface area contributed by atoms with E-state index in [1.165, 1.54) is 27.8 Å². The minimum absolute atomic E-state index is 0.621. The Morgan fingerprint density at radius 2 is 0.519 bits per heavy atom. The molecule has 54 heavy (non-hydrogen) atoms. The van der Waals surface area contributed by atoms with Gasteiger partial charge in [0, 0.05) is 16.7 Å². The minimum Gasteiger partial charge on any atom is -0.208 e. The first-order chi connectivity index (χ1) is 26.8. The molecule has 0 atom stereocenters. The molecular weight excluding hydrogens is 655 g/mol. The molecule has 9 aromatic rings. The van der Waals surface area contributed by atoms with E-state index in [2.05, 4.69) is 194 Å². The first kappa shape index (κ1) is 32.7. The van der Waals surface area contributed by atoms with Crippen molar-refractivity contribution in [3.63, 3.8) is 0 Å². The molecule has 9 rings (SSSR count). The predicted molar refractivity (Wildman–Crippen MR) is 223 cm³/mol. The monoisotopic (exact) mass is 689 g/mol. The number of hydrogen-bond acceptors (Lipinski definition) is 3. The van der Waals surface area contributed by atoms with E-state index in [1.807, 2.05) is 18.2 Å². The molecule has 0 saturated heterocycles. The third-order valence-electron chi connectivity index (χ3n) is 9.78. The van der Waals surface area contributed by atoms with Gasteiger partial charge in [0.15, 0.2) is 17.5 Å². The van der Waals surface area contributed by atoms with Crippen molar-refractivity contribution in [2.45, 2.75) is 0 Å². The zero-order chi connectivity index (χ0) is 36.1. The topological polar surface area (TPSA) is 38.7 Å². The van der Waals surface area contributed by atoms with E-state index in [0.29, 0.717) is 17.5 Å². The maximum Gasteiger partial charge on any atom is 0.164 e. The highest BCUT2D eigenvalue weighted by atomic mass is 15.0. The van der Waals surface area contributed by atoms with E-state index >= 15 is 0 Å². The smallest absolute Gasteiger partial charge is 0.164 e. The average Bonchev–Trinajstić information content (AvgIpc) is 3.27. The van der Waals surface area contributed by atoms with Crippen LogP contribution in [-0.2, 0) is 0 Å². The lowest BCUT2D eigenvalue weighted by Gasteiger charge is -2.14. The van der Waals surface area contributed by atoms with E-state index in [9.17, 15) is 0 Å². The SMILES string of the molecule is c1ccc(-c2ccc(-c3nc(-c4cccc(-c5ccccc5-c5cccc(-c6ccccc6)c5)c4)nc(-c4ccccc4-c4ccccc4)n3)cc2)cc1. The fourth-order valence-corrected chi connectivity index (χ4v) is 7.05. The Hall–Kier alpha value is -7.23. The van der Waals surface area contributed by atoms with E-state index in [4.69, 9.17) is 15.0 Å². The van der Waals surface area contributed by atoms with Gasteiger partial charge in [-0.05, 0) is 67.8 Å². The molecule has 0 unspecified atom stereocenters. The second-order valence-electron chi connectivity index (χ2n) is 13.2. The zero-order valence-corrected chi connectivity index (χ0v) is 29.5. The second kappa shape index (κ2) is 14.8. The van der Waals surface area contributed by atoms with Crippen LogP contribution in [0.15, 0.2) is 212 Å². The van der Waals surface area contributed by atoms with Crippen LogP contribution in [0.3, 0.4) is 0 Å². The quantitative estimate of drug-likeness (QED) is 0.159. The highest BCUT2D eigenvalue weighted by Crippen LogP contribution is 2.37. The summed E-state index contributed by atoms with van der Waals surface area (Å²) in [5, 5.41) is 0. The number of benzene rings is 8. The van der Waals surface area contributed by atoms with E-state index in [1.54, 1.807) is 0 Å². The van der Waals surface area contributed by atoms with Crippen molar-refractivity contribution < 1.29 is 0 Å². The molecular formula is C51H35N3. The van der Waals surface area contributed by atoms with Gasteiger partial charge in [-0.15, -0.1) is 0 Å². The normalized spacial score (nSPS) is 11.0. The van der Waals surface area contributed by atoms with Crippen LogP contribution < -0.4 is 0 Å². The van der Waals surface area contributed by atoms with Gasteiger partial charge in [0.25, 0.3) is 0 Å². The minimum atomic E-state index is 0.621. The Labute approximate surface area is 316 Å². The van der Waals surface area contributed by atoms with Crippen LogP contribution in [0.2, 0.25) is 0 Å². The van der Waals surface area contributed by atoms with Crippen LogP contribution in [0.4, 0.5) is 0 Å². The van der Waals surface area contributed by atoms with Gasteiger partial charge in [-0.1, -0.05) is 200 Å². The van der Waals surface area contributed by atoms with Crippen molar-refractivity contribution in [2.75, 3.05) is 0 Å². The van der Waals surface area contributed by atoms with Gasteiger partial charge in [0.1, 0.15) is 0 Å². The first-order valence-electron chi connectivity index (χ1n) is 18.2. The highest BCUT2D eigenvalue weighted by Gasteiger charge is 2.17. The summed E-state index contributed by atoms with van der Waals surface area (Å²) < 4.78 is 0. The van der Waals surface area contributed by atoms with Crippen LogP contribution >= 0.6 is 0 Å². The van der Waals surface area contributed by atoms with Gasteiger partial charge < -0.3 is 0 Å². The molecule has 3 heteroatoms. The average molecular weight is 690 g/mol. The molecule has 0 aliphatic rings. The Kier molecular flexibility index (Phi) is 8.94. The van der Waals surface area contributed by atoms with Crippen molar-refractivity contribution in [2.24, 2.45) is 0 Å². The Bertz CT molecular complexity index is 2690. The molecule has 0 saturated carbocycles. The number of nitrogens with zero attached hydrogens (tertiary/aromatic N) is 3. The lowest BCUT2D eigenvalue weighted by Crippen LogP contribution is -2.01. The molecule has 3 nitrogen and oxygen atoms in total. The van der Waals surface area contributed by atoms with Crippen molar-refractivity contribution in [1.29, 1.82) is 0 Å². The first-order valence-corrected chi connectivity index (χ1v) is 18.2. The zero-order valence-electron chi connectivity index (χ0n) is 29.5. The standard InChI is InChI=1S/C51H35N3/c1-4-16-36(17-5-1)38-30-32-40(33-31-38)49-52-50(54-51(53-49)48-29-13-12-26-45(48)39-20-8-3-9-21-39)44-25-15-24-43(35-44)47-28-11-10-27-46(47)42-23-14-22-41(34-42)37-18-6-2-7-19-37/h1-35H. The summed E-state index contributed by atoms with van der Waals surface area (Å²) in [7, 11) is 0. The molecule has 0 bridgehead atoms. The van der Waals surface area contributed by atoms with Crippen LogP contribution in [0.5, 0.6) is 0 Å². The number of rotatable bonds is 8. The summed E-state index contributed by atoms with van der Waals surface area (Å²) in [6, 6.07) is 74.1. The Balaban J connectivity index is 1.16. The third kappa shape index (κ3) is 6.74. The molecule has 0 amide bonds. The summed E-state index contributed by atoms with van der Waals surface area (Å²) in [5.41, 5.74) is 14.2. The molecule has 0 aliphatic heterocycles. The van der Waals surface area contributed by atoms with Gasteiger partial charge in [-0.2, -0.15) is 0 Å². The molecule has 1 aromatic heterocycles. The fourth-order valence-electron chi connectivity index (χ4n) is 7.05. The molecule has 0 fully saturated rings. The maximum absolute atomic E-state index is 5.19. The molecule has 0 aliphatic carbocycles. The fraction of sp³-hybridized carbons (Fsp3) is 0. The van der Waals surface area contributed by atoms with E-state index in [-0.39, 0.29) is 0 Å². The number of aromatic nitrogens is 3. The lowest BCUT2D eigenvalue weighted by atomic mass is 9.92. The maximum atomic E-state index is 5.19. The summed E-state index contributed by atoms with van der Waals surface area (Å²) in [6.45, 7) is 0. The van der Waals surface area contributed by atoms with E-state index in [0.717, 1.165) is 44.5 Å². The summed E-state index contributed by atoms with van der Waals surface area (Å²) in [6.07, 6.45) is 0. The van der Waals surface area contributed by atoms with Crippen molar-refractivity contribution in [3.8, 4) is 89.8 Å². The largest absolute Gasteiger partial charge is 0.208 e. The molecule has 8 aromatic carbocycles. The van der Waals surface area contributed by atoms with Crippen LogP contribution in [0.25, 0.3) is 89.8 Å². The van der Waals surface area contributed by atoms with Crippen LogP contribution in [0.1, 0.15) is 0 Å². The van der Waals surface area contributed by atoms with Crippen molar-refractivity contribution in [3.05, 3.63) is 212 Å². The molecule has 1 heterocycles. The Morgan fingerprint density at radius 1 is 0.185 bits per heavy atom. The van der Waals surface area contributed by atoms with Crippen LogP contribution in [-0.4, -0.2) is 15.0 Å². The second-order valence-corrected chi connectivity index (χ2v) is 13.2. The summed E-state index contributed by atoms with van der Waals surface area (Å²) >= 11 is 0. The highest BCUT2D eigenvalue weighted by molar-refractivity contribution is 5.87. The molecule has 0 N–H and O–H groups in total. The van der Waals surface area contributed by atoms with Gasteiger partial charge in [0.2, 0.25) is 0 Å². The van der Waals surface area contributed by atoms with Crippen molar-refractivity contribution >= 4 is 0 Å². The molecule has 0 radical (unpaired) electrons. The van der Waals surface area contributed by atoms with Crippen LogP contribution in [0, 0.1) is 0 Å². The van der Waals surface area contributed by atoms with Gasteiger partial charge in [0.05, 0.1) is 0 Å². The Morgan fingerprint density at radius 3 is 1.09 bits per heavy atom. The molecule has 254 valence electrons. The van der Waals surface area contributed by atoms with Gasteiger partial charge >= 0.3 is 0 Å². The molecule has 0 spiro atoms. The summed E-state index contributed by atoms with van der Waals surface area (Å²) in [5.74, 6) is 1.88. The van der Waals surface area contributed by atoms with Crippen molar-refractivity contribution in [1.82, 2.24) is 15.0 Å². The van der Waals surface area contributed by atoms with Gasteiger partial charge in [-0.3, -0.25) is 0 Å².